The van der Waals surface area contributed by atoms with Crippen LogP contribution in [0, 0.1) is 58.2 Å². The zero-order valence-corrected chi connectivity index (χ0v) is 20.9. The Morgan fingerprint density at radius 2 is 1.67 bits per heavy atom. The molecule has 0 radical (unpaired) electrons. The van der Waals surface area contributed by atoms with E-state index in [1.807, 2.05) is 0 Å². The lowest BCUT2D eigenvalue weighted by Crippen LogP contribution is -2.57. The molecule has 0 aliphatic heterocycles. The molecule has 10 atom stereocenters. The van der Waals surface area contributed by atoms with E-state index < -0.39 is 0 Å². The van der Waals surface area contributed by atoms with Crippen LogP contribution < -0.4 is 0 Å². The van der Waals surface area contributed by atoms with Crippen molar-refractivity contribution in [2.24, 2.45) is 58.2 Å². The Hall–Kier alpha value is -0.300. The predicted molar refractivity (Wildman–Crippen MR) is 128 cm³/mol. The highest BCUT2D eigenvalue weighted by Crippen LogP contribution is 2.68. The molecule has 1 nitrogen and oxygen atoms in total. The fourth-order valence-corrected chi connectivity index (χ4v) is 9.50. The third kappa shape index (κ3) is 3.54. The molecular weight excluding hydrogens is 364 g/mol. The Morgan fingerprint density at radius 3 is 2.37 bits per heavy atom. The molecule has 4 aliphatic carbocycles. The Kier molecular flexibility index (Phi) is 6.53. The monoisotopic (exact) mass is 414 g/mol. The lowest BCUT2D eigenvalue weighted by atomic mass is 9.44. The molecule has 2 unspecified atom stereocenters. The van der Waals surface area contributed by atoms with Crippen LogP contribution in [0.25, 0.3) is 0 Å². The van der Waals surface area contributed by atoms with Gasteiger partial charge in [0.1, 0.15) is 0 Å². The van der Waals surface area contributed by atoms with E-state index in [9.17, 15) is 5.11 Å². The molecule has 0 bridgehead atoms. The van der Waals surface area contributed by atoms with Crippen LogP contribution in [-0.2, 0) is 0 Å². The first-order valence-electron chi connectivity index (χ1n) is 13.6. The van der Waals surface area contributed by atoms with Crippen molar-refractivity contribution in [2.75, 3.05) is 0 Å². The normalized spacial score (nSPS) is 48.3. The summed E-state index contributed by atoms with van der Waals surface area (Å²) < 4.78 is 0. The maximum atomic E-state index is 11.1. The highest BCUT2D eigenvalue weighted by atomic mass is 16.3. The number of hydrogen-bond acceptors (Lipinski definition) is 1. The van der Waals surface area contributed by atoms with Crippen molar-refractivity contribution in [3.63, 3.8) is 0 Å². The summed E-state index contributed by atoms with van der Waals surface area (Å²) in [6.45, 7) is 14.8. The van der Waals surface area contributed by atoms with Gasteiger partial charge in [-0.3, -0.25) is 0 Å². The van der Waals surface area contributed by atoms with Gasteiger partial charge >= 0.3 is 0 Å². The van der Waals surface area contributed by atoms with Gasteiger partial charge in [0.25, 0.3) is 0 Å². The van der Waals surface area contributed by atoms with Crippen LogP contribution in [0.1, 0.15) is 106 Å². The first kappa shape index (κ1) is 22.9. The van der Waals surface area contributed by atoms with Gasteiger partial charge in [0.15, 0.2) is 0 Å². The maximum absolute atomic E-state index is 11.1. The highest BCUT2D eigenvalue weighted by molar-refractivity contribution is 5.12. The molecule has 0 saturated heterocycles. The van der Waals surface area contributed by atoms with Crippen LogP contribution in [0.4, 0.5) is 0 Å². The van der Waals surface area contributed by atoms with Gasteiger partial charge in [0.05, 0.1) is 6.10 Å². The Morgan fingerprint density at radius 1 is 0.900 bits per heavy atom. The Labute approximate surface area is 187 Å². The Bertz CT molecular complexity index is 622. The first-order valence-corrected chi connectivity index (χ1v) is 13.6. The molecule has 0 aromatic carbocycles. The van der Waals surface area contributed by atoms with E-state index in [1.165, 1.54) is 57.8 Å². The average molecular weight is 415 g/mol. The molecule has 0 aromatic rings. The minimum atomic E-state index is -0.0468. The van der Waals surface area contributed by atoms with E-state index >= 15 is 0 Å². The molecule has 0 aromatic heterocycles. The van der Waals surface area contributed by atoms with Crippen molar-refractivity contribution >= 4 is 0 Å². The van der Waals surface area contributed by atoms with Crippen LogP contribution in [0.2, 0.25) is 0 Å². The van der Waals surface area contributed by atoms with E-state index in [4.69, 9.17) is 0 Å². The standard InChI is InChI=1S/C29H50O/c1-7-21(19(2)3)12-11-20(4)24-15-16-25-23-14-13-22-9-8-10-27(30)29(22,6)26(23)17-18-28(24,25)5/h11-12,19-27,30H,7-10,13-18H2,1-6H3/b12-11+/t20-,21-,22?,23+,24-,25+,26+,27?,28-,29+/m1/s1. The predicted octanol–water partition coefficient (Wildman–Crippen LogP) is 7.88. The average Bonchev–Trinajstić information content (AvgIpc) is 3.06. The zero-order chi connectivity index (χ0) is 21.7. The van der Waals surface area contributed by atoms with Gasteiger partial charge in [-0.05, 0) is 116 Å². The highest BCUT2D eigenvalue weighted by Gasteiger charge is 2.61. The fourth-order valence-electron chi connectivity index (χ4n) is 9.50. The third-order valence-corrected chi connectivity index (χ3v) is 11.4. The van der Waals surface area contributed by atoms with Gasteiger partial charge in [0.2, 0.25) is 0 Å². The van der Waals surface area contributed by atoms with Gasteiger partial charge in [-0.2, -0.15) is 0 Å². The summed E-state index contributed by atoms with van der Waals surface area (Å²) in [5.74, 6) is 6.37. The summed E-state index contributed by atoms with van der Waals surface area (Å²) in [6.07, 6.45) is 18.5. The first-order chi connectivity index (χ1) is 14.2. The molecule has 172 valence electrons. The van der Waals surface area contributed by atoms with Crippen LogP contribution in [0.3, 0.4) is 0 Å². The van der Waals surface area contributed by atoms with Crippen molar-refractivity contribution in [1.82, 2.24) is 0 Å². The van der Waals surface area contributed by atoms with Gasteiger partial charge < -0.3 is 5.11 Å². The van der Waals surface area contributed by atoms with Crippen molar-refractivity contribution in [1.29, 1.82) is 0 Å². The number of fused-ring (bicyclic) bond motifs is 5. The van der Waals surface area contributed by atoms with Crippen LogP contribution in [0.5, 0.6) is 0 Å². The number of aliphatic hydroxyl groups is 1. The zero-order valence-electron chi connectivity index (χ0n) is 20.9. The number of allylic oxidation sites excluding steroid dienone is 2. The van der Waals surface area contributed by atoms with E-state index in [2.05, 4.69) is 53.7 Å². The number of hydrogen-bond donors (Lipinski definition) is 1. The molecule has 30 heavy (non-hydrogen) atoms. The SMILES string of the molecule is CC[C@H](/C=C/[C@@H](C)[C@H]1CC[C@H]2[C@@H]3CCC4CCCC(O)[C@]4(C)[C@H]3CC[C@]12C)C(C)C. The molecule has 4 fully saturated rings. The molecule has 0 heterocycles. The molecule has 4 rings (SSSR count). The smallest absolute Gasteiger partial charge is 0.0599 e. The molecule has 1 N–H and O–H groups in total. The second-order valence-corrected chi connectivity index (χ2v) is 12.8. The summed E-state index contributed by atoms with van der Waals surface area (Å²) in [5.41, 5.74) is 0.727. The Balaban J connectivity index is 1.52. The fraction of sp³-hybridized carbons (Fsp3) is 0.931. The van der Waals surface area contributed by atoms with Gasteiger partial charge in [-0.1, -0.05) is 60.1 Å². The number of rotatable bonds is 5. The molecule has 1 heteroatoms. The lowest BCUT2D eigenvalue weighted by Gasteiger charge is -2.62. The van der Waals surface area contributed by atoms with E-state index in [1.54, 1.807) is 0 Å². The molecule has 4 aliphatic rings. The van der Waals surface area contributed by atoms with E-state index in [0.29, 0.717) is 11.3 Å². The van der Waals surface area contributed by atoms with Gasteiger partial charge in [-0.25, -0.2) is 0 Å². The van der Waals surface area contributed by atoms with Crippen LogP contribution in [-0.4, -0.2) is 11.2 Å². The lowest BCUT2D eigenvalue weighted by molar-refractivity contribution is -0.163. The van der Waals surface area contributed by atoms with E-state index in [-0.39, 0.29) is 11.5 Å². The third-order valence-electron chi connectivity index (χ3n) is 11.4. The second-order valence-electron chi connectivity index (χ2n) is 12.8. The summed E-state index contributed by atoms with van der Waals surface area (Å²) in [6, 6.07) is 0. The van der Waals surface area contributed by atoms with Crippen molar-refractivity contribution in [3.8, 4) is 0 Å². The minimum Gasteiger partial charge on any atom is -0.393 e. The van der Waals surface area contributed by atoms with Crippen LogP contribution >= 0.6 is 0 Å². The quantitative estimate of drug-likeness (QED) is 0.454. The van der Waals surface area contributed by atoms with E-state index in [0.717, 1.165) is 47.8 Å². The topological polar surface area (TPSA) is 20.2 Å². The largest absolute Gasteiger partial charge is 0.393 e. The van der Waals surface area contributed by atoms with Gasteiger partial charge in [-0.15, -0.1) is 0 Å². The maximum Gasteiger partial charge on any atom is 0.0599 e. The number of aliphatic hydroxyl groups excluding tert-OH is 1. The van der Waals surface area contributed by atoms with Gasteiger partial charge in [0, 0.05) is 0 Å². The summed E-state index contributed by atoms with van der Waals surface area (Å²) in [7, 11) is 0. The summed E-state index contributed by atoms with van der Waals surface area (Å²) in [5, 5.41) is 11.1. The summed E-state index contributed by atoms with van der Waals surface area (Å²) in [4.78, 5) is 0. The second kappa shape index (κ2) is 8.57. The van der Waals surface area contributed by atoms with Crippen molar-refractivity contribution in [3.05, 3.63) is 12.2 Å². The molecule has 0 amide bonds. The molecule has 4 saturated carbocycles. The molecule has 0 spiro atoms. The van der Waals surface area contributed by atoms with Crippen molar-refractivity contribution < 1.29 is 5.11 Å². The molecular formula is C29H50O. The van der Waals surface area contributed by atoms with Crippen molar-refractivity contribution in [2.45, 2.75) is 112 Å². The van der Waals surface area contributed by atoms with Crippen LogP contribution in [0.15, 0.2) is 12.2 Å². The minimum absolute atomic E-state index is 0.0468. The summed E-state index contributed by atoms with van der Waals surface area (Å²) >= 11 is 0.